The lowest BCUT2D eigenvalue weighted by Gasteiger charge is -2.33. The number of carbonyl (C=O) groups is 2. The number of ether oxygens (including phenoxy) is 1. The fraction of sp³-hybridized carbons (Fsp3) is 0.417. The van der Waals surface area contributed by atoms with Gasteiger partial charge in [-0.15, -0.1) is 0 Å². The maximum absolute atomic E-state index is 12.7. The number of nitrogens with zero attached hydrogens (tertiary/aromatic N) is 1. The van der Waals surface area contributed by atoms with E-state index in [0.29, 0.717) is 23.1 Å². The van der Waals surface area contributed by atoms with Crippen LogP contribution in [0.3, 0.4) is 0 Å². The van der Waals surface area contributed by atoms with Crippen molar-refractivity contribution < 1.29 is 33.0 Å². The number of carbonyl (C=O) groups excluding carboxylic acids is 2. The van der Waals surface area contributed by atoms with Gasteiger partial charge in [-0.1, -0.05) is 35.3 Å². The molecule has 0 spiro atoms. The van der Waals surface area contributed by atoms with Crippen molar-refractivity contribution in [1.82, 2.24) is 9.62 Å². The van der Waals surface area contributed by atoms with Crippen molar-refractivity contribution in [3.63, 3.8) is 0 Å². The van der Waals surface area contributed by atoms with Gasteiger partial charge in [0.25, 0.3) is 5.91 Å². The number of hydrogen-bond acceptors (Lipinski definition) is 8. The van der Waals surface area contributed by atoms with Crippen molar-refractivity contribution in [3.05, 3.63) is 63.1 Å². The molecule has 7 N–H and O–H groups in total. The summed E-state index contributed by atoms with van der Waals surface area (Å²) in [6.45, 7) is 0.868. The first-order valence-corrected chi connectivity index (χ1v) is 13.8. The Morgan fingerprint density at radius 2 is 1.87 bits per heavy atom. The number of fused-ring (bicyclic) bond motifs is 1. The number of nitrogens with one attached hydrogen (secondary N) is 1. The molecule has 14 heteroatoms. The second-order valence-corrected chi connectivity index (χ2v) is 11.7. The number of aliphatic hydroxyl groups excluding tert-OH is 1. The smallest absolute Gasteiger partial charge is 0.252 e. The van der Waals surface area contributed by atoms with Gasteiger partial charge in [0.1, 0.15) is 0 Å². The number of likely N-dealkylation sites (N-methyl/N-ethyl adjacent to an activating group) is 1. The Balaban J connectivity index is 1.59. The molecule has 3 atom stereocenters. The number of hydrogen-bond donors (Lipinski definition) is 5. The highest BCUT2D eigenvalue weighted by Gasteiger charge is 2.44. The number of aliphatic hydroxyl groups is 2. The largest absolute Gasteiger partial charge is 0.380 e. The highest BCUT2D eigenvalue weighted by molar-refractivity contribution is 7.89. The minimum absolute atomic E-state index is 0.0369. The predicted molar refractivity (Wildman–Crippen MR) is 141 cm³/mol. The minimum Gasteiger partial charge on any atom is -0.380 e. The zero-order chi connectivity index (χ0) is 28.3. The number of nitrogens with two attached hydrogens (primary N) is 2. The van der Waals surface area contributed by atoms with Gasteiger partial charge in [-0.3, -0.25) is 9.59 Å². The normalized spacial score (nSPS) is 18.4. The number of benzene rings is 2. The third-order valence-corrected chi connectivity index (χ3v) is 8.43. The molecule has 3 unspecified atom stereocenters. The van der Waals surface area contributed by atoms with Gasteiger partial charge in [-0.05, 0) is 48.0 Å². The van der Waals surface area contributed by atoms with E-state index >= 15 is 0 Å². The number of primary amides is 2. The molecular weight excluding hydrogens is 559 g/mol. The van der Waals surface area contributed by atoms with Crippen LogP contribution in [0.15, 0.2) is 41.3 Å². The van der Waals surface area contributed by atoms with Gasteiger partial charge in [0.2, 0.25) is 15.9 Å². The van der Waals surface area contributed by atoms with Crippen LogP contribution in [0.1, 0.15) is 29.0 Å². The number of amides is 2. The number of sulfonamides is 1. The van der Waals surface area contributed by atoms with E-state index in [-0.39, 0.29) is 30.6 Å². The Kier molecular flexibility index (Phi) is 9.76. The van der Waals surface area contributed by atoms with Gasteiger partial charge in [-0.2, -0.15) is 0 Å². The van der Waals surface area contributed by atoms with Gasteiger partial charge in [-0.25, -0.2) is 13.1 Å². The Morgan fingerprint density at radius 1 is 1.21 bits per heavy atom. The van der Waals surface area contributed by atoms with Crippen molar-refractivity contribution in [3.8, 4) is 0 Å². The maximum Gasteiger partial charge on any atom is 0.252 e. The topological polar surface area (TPSA) is 185 Å². The highest BCUT2D eigenvalue weighted by atomic mass is 35.5. The molecule has 0 radical (unpaired) electrons. The monoisotopic (exact) mass is 588 g/mol. The zero-order valence-electron chi connectivity index (χ0n) is 20.6. The SMILES string of the molecule is CN1Cc2c(Cl)cc(Cl)cc2C(c2ccc(S(=O)(=O)NCCOCCC(O)(C(N)=O)C(O)C(N)=O)cc2)C1. The van der Waals surface area contributed by atoms with E-state index in [2.05, 4.69) is 9.62 Å². The lowest BCUT2D eigenvalue weighted by molar-refractivity contribution is -0.161. The maximum atomic E-state index is 12.7. The van der Waals surface area contributed by atoms with Gasteiger partial charge >= 0.3 is 0 Å². The molecule has 0 aliphatic carbocycles. The first kappa shape index (κ1) is 30.3. The van der Waals surface area contributed by atoms with Crippen molar-refractivity contribution in [2.45, 2.75) is 35.5 Å². The van der Waals surface area contributed by atoms with Crippen LogP contribution in [0.5, 0.6) is 0 Å². The van der Waals surface area contributed by atoms with Crippen molar-refractivity contribution in [2.75, 3.05) is 33.4 Å². The molecule has 0 aromatic heterocycles. The first-order valence-electron chi connectivity index (χ1n) is 11.6. The van der Waals surface area contributed by atoms with Crippen LogP contribution >= 0.6 is 23.2 Å². The molecular formula is C24H30Cl2N4O7S. The molecule has 3 rings (SSSR count). The molecule has 1 heterocycles. The summed E-state index contributed by atoms with van der Waals surface area (Å²) in [6.07, 6.45) is -2.72. The van der Waals surface area contributed by atoms with Crippen LogP contribution in [0.25, 0.3) is 0 Å². The van der Waals surface area contributed by atoms with Crippen LogP contribution in [-0.4, -0.2) is 80.4 Å². The molecule has 38 heavy (non-hydrogen) atoms. The summed E-state index contributed by atoms with van der Waals surface area (Å²) in [4.78, 5) is 24.8. The van der Waals surface area contributed by atoms with E-state index < -0.39 is 40.0 Å². The van der Waals surface area contributed by atoms with E-state index in [4.69, 9.17) is 39.4 Å². The Labute approximate surface area is 230 Å². The summed E-state index contributed by atoms with van der Waals surface area (Å²) in [7, 11) is -1.87. The van der Waals surface area contributed by atoms with Crippen molar-refractivity contribution in [2.24, 2.45) is 11.5 Å². The fourth-order valence-corrected chi connectivity index (χ4v) is 5.88. The summed E-state index contributed by atoms with van der Waals surface area (Å²) < 4.78 is 33.0. The Morgan fingerprint density at radius 3 is 2.47 bits per heavy atom. The predicted octanol–water partition coefficient (Wildman–Crippen LogP) is 0.318. The van der Waals surface area contributed by atoms with Crippen molar-refractivity contribution in [1.29, 1.82) is 0 Å². The summed E-state index contributed by atoms with van der Waals surface area (Å²) in [6, 6.07) is 10.1. The minimum atomic E-state index is -3.85. The van der Waals surface area contributed by atoms with Crippen LogP contribution in [-0.2, 0) is 30.9 Å². The Bertz CT molecular complexity index is 1290. The molecule has 208 valence electrons. The molecule has 1 aliphatic rings. The highest BCUT2D eigenvalue weighted by Crippen LogP contribution is 2.38. The van der Waals surface area contributed by atoms with Crippen molar-refractivity contribution >= 4 is 45.0 Å². The van der Waals surface area contributed by atoms with Crippen LogP contribution < -0.4 is 16.2 Å². The van der Waals surface area contributed by atoms with Gasteiger partial charge in [0.15, 0.2) is 11.7 Å². The third-order valence-electron chi connectivity index (χ3n) is 6.40. The summed E-state index contributed by atoms with van der Waals surface area (Å²) in [5.74, 6) is -2.70. The molecule has 2 aromatic carbocycles. The molecule has 0 fully saturated rings. The Hall–Kier alpha value is -2.29. The quantitative estimate of drug-likeness (QED) is 0.219. The van der Waals surface area contributed by atoms with Gasteiger partial charge in [0.05, 0.1) is 18.1 Å². The summed E-state index contributed by atoms with van der Waals surface area (Å²) in [5, 5.41) is 20.9. The molecule has 1 aliphatic heterocycles. The zero-order valence-corrected chi connectivity index (χ0v) is 22.9. The summed E-state index contributed by atoms with van der Waals surface area (Å²) >= 11 is 12.7. The van der Waals surface area contributed by atoms with E-state index in [9.17, 15) is 28.2 Å². The van der Waals surface area contributed by atoms with E-state index in [1.807, 2.05) is 13.1 Å². The number of halogens is 2. The lowest BCUT2D eigenvalue weighted by Crippen LogP contribution is -2.58. The van der Waals surface area contributed by atoms with E-state index in [1.54, 1.807) is 18.2 Å². The van der Waals surface area contributed by atoms with Gasteiger partial charge < -0.3 is 31.3 Å². The van der Waals surface area contributed by atoms with Gasteiger partial charge in [0, 0.05) is 42.0 Å². The summed E-state index contributed by atoms with van der Waals surface area (Å²) in [5.41, 5.74) is 10.3. The lowest BCUT2D eigenvalue weighted by atomic mass is 9.85. The molecule has 2 amide bonds. The molecule has 11 nitrogen and oxygen atoms in total. The third kappa shape index (κ3) is 6.82. The number of rotatable bonds is 12. The van der Waals surface area contributed by atoms with Crippen LogP contribution in [0, 0.1) is 0 Å². The van der Waals surface area contributed by atoms with E-state index in [1.165, 1.54) is 12.1 Å². The average molecular weight is 589 g/mol. The standard InChI is InChI=1S/C24H30Cl2N4O7S/c1-30-12-18(17-10-15(25)11-20(26)19(17)13-30)14-2-4-16(5-3-14)38(35,36)29-7-9-37-8-6-24(34,23(28)33)21(31)22(27)32/h2-5,10-11,18,21,29,31,34H,6-9,12-13H2,1H3,(H2,27,32)(H2,28,33). The second-order valence-electron chi connectivity index (χ2n) is 9.13. The van der Waals surface area contributed by atoms with Crippen LogP contribution in [0.2, 0.25) is 10.0 Å². The molecule has 0 saturated heterocycles. The van der Waals surface area contributed by atoms with Crippen LogP contribution in [0.4, 0.5) is 0 Å². The molecule has 0 bridgehead atoms. The second kappa shape index (κ2) is 12.3. The van der Waals surface area contributed by atoms with E-state index in [0.717, 1.165) is 16.7 Å². The first-order chi connectivity index (χ1) is 17.8. The average Bonchev–Trinajstić information content (AvgIpc) is 2.85. The molecule has 2 aromatic rings. The fourth-order valence-electron chi connectivity index (χ4n) is 4.30. The molecule has 0 saturated carbocycles.